The summed E-state index contributed by atoms with van der Waals surface area (Å²) in [6, 6.07) is 11.6. The van der Waals surface area contributed by atoms with Gasteiger partial charge in [0, 0.05) is 23.7 Å². The second-order valence-corrected chi connectivity index (χ2v) is 8.30. The van der Waals surface area contributed by atoms with Gasteiger partial charge < -0.3 is 4.74 Å². The zero-order valence-electron chi connectivity index (χ0n) is 17.3. The fourth-order valence-electron chi connectivity index (χ4n) is 5.49. The molecular weight excluding hydrogens is 414 g/mol. The number of imide groups is 1. The van der Waals surface area contributed by atoms with Crippen molar-refractivity contribution in [3.8, 4) is 5.75 Å². The minimum absolute atomic E-state index is 0.0431. The molecule has 0 bridgehead atoms. The predicted molar refractivity (Wildman–Crippen MR) is 113 cm³/mol. The number of nitro benzene ring substituents is 1. The maximum Gasteiger partial charge on any atom is 0.271 e. The first-order chi connectivity index (χ1) is 15.4. The number of ketones is 1. The Bertz CT molecular complexity index is 1130. The number of fused-ring (bicyclic) bond motifs is 3. The summed E-state index contributed by atoms with van der Waals surface area (Å²) in [6.45, 7) is 0.654. The zero-order valence-corrected chi connectivity index (χ0v) is 17.3. The zero-order chi connectivity index (χ0) is 22.6. The van der Waals surface area contributed by atoms with Gasteiger partial charge in [-0.05, 0) is 25.5 Å². The van der Waals surface area contributed by atoms with Gasteiger partial charge in [0.25, 0.3) is 5.69 Å². The number of carbonyl (C=O) groups excluding carboxylic acids is 3. The molecule has 0 saturated carbocycles. The molecule has 5 rings (SSSR count). The Hall–Kier alpha value is -3.59. The predicted octanol–water partition coefficient (Wildman–Crippen LogP) is 2.44. The highest BCUT2D eigenvalue weighted by Crippen LogP contribution is 2.49. The fraction of sp³-hybridized carbons (Fsp3) is 0.348. The average Bonchev–Trinajstić information content (AvgIpc) is 3.45. The number of benzene rings is 2. The largest absolute Gasteiger partial charge is 0.495 e. The van der Waals surface area contributed by atoms with Crippen LogP contribution in [0.1, 0.15) is 23.2 Å². The maximum absolute atomic E-state index is 13.6. The van der Waals surface area contributed by atoms with E-state index >= 15 is 0 Å². The normalized spacial score (nSPS) is 26.8. The molecule has 164 valence electrons. The molecule has 0 aromatic heterocycles. The Morgan fingerprint density at radius 2 is 1.81 bits per heavy atom. The molecule has 0 unspecified atom stereocenters. The Balaban J connectivity index is 1.59. The van der Waals surface area contributed by atoms with Gasteiger partial charge in [-0.1, -0.05) is 30.3 Å². The minimum Gasteiger partial charge on any atom is -0.495 e. The van der Waals surface area contributed by atoms with Crippen LogP contribution in [0.15, 0.2) is 48.5 Å². The lowest BCUT2D eigenvalue weighted by atomic mass is 9.85. The van der Waals surface area contributed by atoms with Crippen LogP contribution in [0.4, 0.5) is 11.4 Å². The monoisotopic (exact) mass is 435 g/mol. The molecule has 0 radical (unpaired) electrons. The number of methoxy groups -OCH3 is 1. The van der Waals surface area contributed by atoms with E-state index in [9.17, 15) is 24.5 Å². The summed E-state index contributed by atoms with van der Waals surface area (Å²) in [4.78, 5) is 54.3. The molecule has 3 aliphatic rings. The molecule has 3 saturated heterocycles. The average molecular weight is 435 g/mol. The SMILES string of the molecule is COc1ccc([N+](=O)[O-])cc1N1C(=O)[C@@H]2[C@@H](C1=O)[C@@H]1CCCN1[C@@H]2C(=O)c1ccccc1. The summed E-state index contributed by atoms with van der Waals surface area (Å²) in [5.74, 6) is -2.43. The number of hydrogen-bond donors (Lipinski definition) is 0. The first kappa shape index (κ1) is 20.3. The minimum atomic E-state index is -0.829. The standard InChI is InChI=1S/C23H21N3O6/c1-32-17-10-9-14(26(30)31)12-16(17)25-22(28)18-15-8-5-11-24(15)20(19(18)23(25)29)21(27)13-6-3-2-4-7-13/h2-4,6-7,9-10,12,15,18-20H,5,8,11H2,1H3/t15-,18-,19+,20-/m0/s1. The molecule has 0 aliphatic carbocycles. The van der Waals surface area contributed by atoms with Crippen molar-refractivity contribution in [2.75, 3.05) is 18.6 Å². The van der Waals surface area contributed by atoms with E-state index in [1.807, 2.05) is 11.0 Å². The molecule has 4 atom stereocenters. The number of amides is 2. The van der Waals surface area contributed by atoms with Crippen LogP contribution in [-0.4, -0.2) is 53.2 Å². The Morgan fingerprint density at radius 1 is 1.09 bits per heavy atom. The van der Waals surface area contributed by atoms with E-state index in [1.165, 1.54) is 25.3 Å². The molecule has 0 spiro atoms. The van der Waals surface area contributed by atoms with Crippen LogP contribution in [0.25, 0.3) is 0 Å². The number of nitro groups is 1. The van der Waals surface area contributed by atoms with Crippen LogP contribution >= 0.6 is 0 Å². The number of rotatable bonds is 5. The van der Waals surface area contributed by atoms with E-state index in [-0.39, 0.29) is 28.9 Å². The lowest BCUT2D eigenvalue weighted by Gasteiger charge is -2.28. The third kappa shape index (κ3) is 2.85. The molecule has 2 aromatic carbocycles. The quantitative estimate of drug-likeness (QED) is 0.307. The van der Waals surface area contributed by atoms with Crippen LogP contribution in [0.2, 0.25) is 0 Å². The number of ether oxygens (including phenoxy) is 1. The van der Waals surface area contributed by atoms with Gasteiger partial charge in [-0.2, -0.15) is 0 Å². The number of carbonyl (C=O) groups is 3. The third-order valence-electron chi connectivity index (χ3n) is 6.79. The molecule has 9 nitrogen and oxygen atoms in total. The highest BCUT2D eigenvalue weighted by Gasteiger charge is 2.65. The first-order valence-electron chi connectivity index (χ1n) is 10.5. The molecular formula is C23H21N3O6. The van der Waals surface area contributed by atoms with Gasteiger partial charge in [0.05, 0.1) is 29.9 Å². The number of Topliss-reactive ketones (excluding diaryl/α,β-unsaturated/α-hetero) is 1. The highest BCUT2D eigenvalue weighted by molar-refractivity contribution is 6.25. The lowest BCUT2D eigenvalue weighted by Crippen LogP contribution is -2.46. The van der Waals surface area contributed by atoms with E-state index in [1.54, 1.807) is 24.3 Å². The number of nitrogens with zero attached hydrogens (tertiary/aromatic N) is 3. The maximum atomic E-state index is 13.6. The molecule has 32 heavy (non-hydrogen) atoms. The van der Waals surface area contributed by atoms with Gasteiger partial charge in [0.2, 0.25) is 11.8 Å². The van der Waals surface area contributed by atoms with Crippen LogP contribution in [0, 0.1) is 22.0 Å². The van der Waals surface area contributed by atoms with Crippen molar-refractivity contribution in [3.05, 3.63) is 64.2 Å². The molecule has 3 fully saturated rings. The number of hydrogen-bond acceptors (Lipinski definition) is 7. The molecule has 9 heteroatoms. The van der Waals surface area contributed by atoms with Gasteiger partial charge in [0.15, 0.2) is 5.78 Å². The Kier molecular flexibility index (Phi) is 4.78. The van der Waals surface area contributed by atoms with Crippen molar-refractivity contribution >= 4 is 29.0 Å². The van der Waals surface area contributed by atoms with Crippen LogP contribution in [0.5, 0.6) is 5.75 Å². The molecule has 3 aliphatic heterocycles. The molecule has 3 heterocycles. The summed E-state index contributed by atoms with van der Waals surface area (Å²) >= 11 is 0. The summed E-state index contributed by atoms with van der Waals surface area (Å²) < 4.78 is 5.30. The van der Waals surface area contributed by atoms with Crippen molar-refractivity contribution in [2.45, 2.75) is 24.9 Å². The second-order valence-electron chi connectivity index (χ2n) is 8.30. The fourth-order valence-corrected chi connectivity index (χ4v) is 5.49. The lowest BCUT2D eigenvalue weighted by molar-refractivity contribution is -0.384. The van der Waals surface area contributed by atoms with Crippen LogP contribution in [0.3, 0.4) is 0 Å². The van der Waals surface area contributed by atoms with E-state index in [0.717, 1.165) is 17.7 Å². The van der Waals surface area contributed by atoms with Crippen LogP contribution in [-0.2, 0) is 9.59 Å². The van der Waals surface area contributed by atoms with Gasteiger partial charge >= 0.3 is 0 Å². The van der Waals surface area contributed by atoms with Crippen molar-refractivity contribution < 1.29 is 24.0 Å². The summed E-state index contributed by atoms with van der Waals surface area (Å²) in [7, 11) is 1.37. The highest BCUT2D eigenvalue weighted by atomic mass is 16.6. The third-order valence-corrected chi connectivity index (χ3v) is 6.79. The molecule has 0 N–H and O–H groups in total. The summed E-state index contributed by atoms with van der Waals surface area (Å²) in [5.41, 5.74) is 0.287. The van der Waals surface area contributed by atoms with E-state index < -0.39 is 34.6 Å². The number of non-ortho nitro benzene ring substituents is 1. The van der Waals surface area contributed by atoms with Crippen molar-refractivity contribution in [1.82, 2.24) is 4.90 Å². The summed E-state index contributed by atoms with van der Waals surface area (Å²) in [5, 5.41) is 11.3. The first-order valence-corrected chi connectivity index (χ1v) is 10.5. The van der Waals surface area contributed by atoms with E-state index in [2.05, 4.69) is 0 Å². The van der Waals surface area contributed by atoms with E-state index in [0.29, 0.717) is 12.1 Å². The Morgan fingerprint density at radius 3 is 2.50 bits per heavy atom. The smallest absolute Gasteiger partial charge is 0.271 e. The van der Waals surface area contributed by atoms with Gasteiger partial charge in [-0.15, -0.1) is 0 Å². The summed E-state index contributed by atoms with van der Waals surface area (Å²) in [6.07, 6.45) is 1.56. The van der Waals surface area contributed by atoms with Crippen molar-refractivity contribution in [2.24, 2.45) is 11.8 Å². The van der Waals surface area contributed by atoms with Gasteiger partial charge in [0.1, 0.15) is 11.4 Å². The Labute approximate surface area is 183 Å². The van der Waals surface area contributed by atoms with E-state index in [4.69, 9.17) is 4.74 Å². The molecule has 2 amide bonds. The van der Waals surface area contributed by atoms with Crippen molar-refractivity contribution in [1.29, 1.82) is 0 Å². The van der Waals surface area contributed by atoms with Gasteiger partial charge in [-0.25, -0.2) is 4.90 Å². The topological polar surface area (TPSA) is 110 Å². The van der Waals surface area contributed by atoms with Crippen LogP contribution < -0.4 is 9.64 Å². The van der Waals surface area contributed by atoms with Crippen molar-refractivity contribution in [3.63, 3.8) is 0 Å². The second kappa shape index (κ2) is 7.52. The van der Waals surface area contributed by atoms with Gasteiger partial charge in [-0.3, -0.25) is 29.4 Å². The number of anilines is 1. The molecule has 2 aromatic rings.